The minimum atomic E-state index is -1.01. The van der Waals surface area contributed by atoms with E-state index in [2.05, 4.69) is 14.9 Å². The molecule has 3 amide bonds. The Morgan fingerprint density at radius 1 is 1.17 bits per heavy atom. The number of carbonyl (C=O) groups is 5. The van der Waals surface area contributed by atoms with Crippen LogP contribution >= 0.6 is 0 Å². The zero-order valence-corrected chi connectivity index (χ0v) is 13.3. The van der Waals surface area contributed by atoms with E-state index in [-0.39, 0.29) is 37.5 Å². The number of hydrogen-bond donors (Lipinski definition) is 1. The van der Waals surface area contributed by atoms with Crippen LogP contribution in [0.2, 0.25) is 0 Å². The topological polar surface area (TPSA) is 119 Å². The van der Waals surface area contributed by atoms with E-state index in [1.54, 1.807) is 13.8 Å². The monoisotopic (exact) mass is 328 g/mol. The fourth-order valence-corrected chi connectivity index (χ4v) is 1.80. The minimum Gasteiger partial charge on any atom is -0.467 e. The number of amides is 3. The van der Waals surface area contributed by atoms with Crippen LogP contribution in [-0.4, -0.2) is 47.9 Å². The third-order valence-corrected chi connectivity index (χ3v) is 3.16. The van der Waals surface area contributed by atoms with Crippen LogP contribution in [0.4, 0.5) is 0 Å². The quantitative estimate of drug-likeness (QED) is 0.503. The molecule has 9 heteroatoms. The van der Waals surface area contributed by atoms with Gasteiger partial charge in [-0.15, -0.1) is 5.06 Å². The van der Waals surface area contributed by atoms with Gasteiger partial charge in [0.1, 0.15) is 6.04 Å². The van der Waals surface area contributed by atoms with Gasteiger partial charge >= 0.3 is 11.9 Å². The molecular formula is C14H20N2O7. The number of methoxy groups -OCH3 is 1. The molecule has 0 radical (unpaired) electrons. The second-order valence-electron chi connectivity index (χ2n) is 5.32. The van der Waals surface area contributed by atoms with E-state index in [1.165, 1.54) is 0 Å². The third-order valence-electron chi connectivity index (χ3n) is 3.16. The Labute approximate surface area is 133 Å². The van der Waals surface area contributed by atoms with Gasteiger partial charge in [0.15, 0.2) is 0 Å². The Morgan fingerprint density at radius 2 is 1.74 bits per heavy atom. The number of esters is 1. The number of hydroxylamine groups is 2. The van der Waals surface area contributed by atoms with Gasteiger partial charge in [-0.3, -0.25) is 14.4 Å². The van der Waals surface area contributed by atoms with Crippen molar-refractivity contribution in [2.45, 2.75) is 45.6 Å². The van der Waals surface area contributed by atoms with Gasteiger partial charge in [0.2, 0.25) is 5.91 Å². The lowest BCUT2D eigenvalue weighted by Crippen LogP contribution is -2.43. The Balaban J connectivity index is 2.54. The molecule has 23 heavy (non-hydrogen) atoms. The zero-order valence-electron chi connectivity index (χ0n) is 13.3. The van der Waals surface area contributed by atoms with E-state index in [0.29, 0.717) is 5.06 Å². The van der Waals surface area contributed by atoms with Crippen molar-refractivity contribution in [1.82, 2.24) is 10.4 Å². The second kappa shape index (κ2) is 8.25. The van der Waals surface area contributed by atoms with Crippen LogP contribution < -0.4 is 5.32 Å². The smallest absolute Gasteiger partial charge is 0.333 e. The molecule has 1 heterocycles. The molecule has 0 spiro atoms. The molecule has 128 valence electrons. The van der Waals surface area contributed by atoms with Crippen molar-refractivity contribution in [2.24, 2.45) is 5.92 Å². The summed E-state index contributed by atoms with van der Waals surface area (Å²) in [5.41, 5.74) is 0. The Hall–Kier alpha value is -2.45. The highest BCUT2D eigenvalue weighted by Gasteiger charge is 2.33. The van der Waals surface area contributed by atoms with Crippen LogP contribution in [0.25, 0.3) is 0 Å². The zero-order chi connectivity index (χ0) is 17.6. The lowest BCUT2D eigenvalue weighted by atomic mass is 10.1. The van der Waals surface area contributed by atoms with E-state index >= 15 is 0 Å². The molecule has 1 atom stereocenters. The summed E-state index contributed by atoms with van der Waals surface area (Å²) in [4.78, 5) is 62.3. The predicted octanol–water partition coefficient (Wildman–Crippen LogP) is -0.312. The van der Waals surface area contributed by atoms with Crippen molar-refractivity contribution in [2.75, 3.05) is 7.11 Å². The molecule has 0 aromatic heterocycles. The highest BCUT2D eigenvalue weighted by molar-refractivity contribution is 6.01. The molecule has 1 saturated heterocycles. The first-order valence-corrected chi connectivity index (χ1v) is 7.21. The Kier molecular flexibility index (Phi) is 6.67. The molecule has 0 aliphatic carbocycles. The normalized spacial score (nSPS) is 15.6. The fraction of sp³-hybridized carbons (Fsp3) is 0.643. The molecule has 0 bridgehead atoms. The van der Waals surface area contributed by atoms with Crippen molar-refractivity contribution in [3.05, 3.63) is 0 Å². The van der Waals surface area contributed by atoms with E-state index in [1.807, 2.05) is 0 Å². The van der Waals surface area contributed by atoms with Crippen molar-refractivity contribution in [1.29, 1.82) is 0 Å². The highest BCUT2D eigenvalue weighted by Crippen LogP contribution is 2.13. The molecule has 0 aromatic carbocycles. The first-order valence-electron chi connectivity index (χ1n) is 7.21. The van der Waals surface area contributed by atoms with Crippen LogP contribution in [0.5, 0.6) is 0 Å². The van der Waals surface area contributed by atoms with Crippen molar-refractivity contribution in [3.8, 4) is 0 Å². The maximum absolute atomic E-state index is 11.7. The summed E-state index contributed by atoms with van der Waals surface area (Å²) in [7, 11) is 1.16. The number of imide groups is 1. The van der Waals surface area contributed by atoms with Gasteiger partial charge < -0.3 is 14.9 Å². The van der Waals surface area contributed by atoms with Gasteiger partial charge in [-0.05, 0) is 6.42 Å². The van der Waals surface area contributed by atoms with Crippen molar-refractivity contribution in [3.63, 3.8) is 0 Å². The van der Waals surface area contributed by atoms with Gasteiger partial charge in [-0.25, -0.2) is 9.59 Å². The van der Waals surface area contributed by atoms with E-state index in [4.69, 9.17) is 0 Å². The summed E-state index contributed by atoms with van der Waals surface area (Å²) in [6.07, 6.45) is -0.335. The lowest BCUT2D eigenvalue weighted by Gasteiger charge is -2.18. The molecule has 0 saturated carbocycles. The maximum atomic E-state index is 11.7. The van der Waals surface area contributed by atoms with E-state index in [9.17, 15) is 24.0 Å². The summed E-state index contributed by atoms with van der Waals surface area (Å²) >= 11 is 0. The van der Waals surface area contributed by atoms with Crippen LogP contribution in [0.1, 0.15) is 39.5 Å². The van der Waals surface area contributed by atoms with Crippen LogP contribution in [0.3, 0.4) is 0 Å². The summed E-state index contributed by atoms with van der Waals surface area (Å²) < 4.78 is 4.57. The van der Waals surface area contributed by atoms with Crippen LogP contribution in [0, 0.1) is 5.92 Å². The molecule has 1 aliphatic heterocycles. The molecule has 0 unspecified atom stereocenters. The van der Waals surface area contributed by atoms with E-state index < -0.39 is 29.8 Å². The maximum Gasteiger partial charge on any atom is 0.333 e. The average Bonchev–Trinajstić information content (AvgIpc) is 2.82. The molecule has 1 rings (SSSR count). The first-order chi connectivity index (χ1) is 10.8. The number of ether oxygens (including phenoxy) is 1. The highest BCUT2D eigenvalue weighted by atomic mass is 16.7. The Bertz CT molecular complexity index is 499. The van der Waals surface area contributed by atoms with Crippen molar-refractivity contribution >= 4 is 29.7 Å². The predicted molar refractivity (Wildman–Crippen MR) is 75.2 cm³/mol. The molecular weight excluding hydrogens is 308 g/mol. The summed E-state index contributed by atoms with van der Waals surface area (Å²) in [5, 5.41) is 2.90. The first kappa shape index (κ1) is 18.6. The van der Waals surface area contributed by atoms with Gasteiger partial charge in [-0.1, -0.05) is 13.8 Å². The standard InChI is InChI=1S/C14H20N2O7/c1-8(2)13(20)15-9(14(21)22-3)4-7-12(19)23-16-10(17)5-6-11(16)18/h8-9H,4-7H2,1-3H3,(H,15,20)/t9-/m0/s1. The number of carbonyl (C=O) groups excluding carboxylic acids is 5. The van der Waals surface area contributed by atoms with E-state index in [0.717, 1.165) is 7.11 Å². The number of nitrogens with one attached hydrogen (secondary N) is 1. The molecule has 1 N–H and O–H groups in total. The SMILES string of the molecule is COC(=O)[C@H](CCC(=O)ON1C(=O)CCC1=O)NC(=O)C(C)C. The third kappa shape index (κ3) is 5.35. The minimum absolute atomic E-state index is 0.00133. The summed E-state index contributed by atoms with van der Waals surface area (Å²) in [5.74, 6) is -3.41. The Morgan fingerprint density at radius 3 is 2.22 bits per heavy atom. The average molecular weight is 328 g/mol. The van der Waals surface area contributed by atoms with Crippen LogP contribution in [-0.2, 0) is 33.5 Å². The lowest BCUT2D eigenvalue weighted by molar-refractivity contribution is -0.197. The molecule has 0 aromatic rings. The van der Waals surface area contributed by atoms with Gasteiger partial charge in [0, 0.05) is 18.8 Å². The van der Waals surface area contributed by atoms with Gasteiger partial charge in [0.05, 0.1) is 13.5 Å². The van der Waals surface area contributed by atoms with Crippen LogP contribution in [0.15, 0.2) is 0 Å². The number of nitrogens with zero attached hydrogens (tertiary/aromatic N) is 1. The molecule has 1 fully saturated rings. The van der Waals surface area contributed by atoms with Gasteiger partial charge in [-0.2, -0.15) is 0 Å². The number of hydrogen-bond acceptors (Lipinski definition) is 7. The molecule has 9 nitrogen and oxygen atoms in total. The fourth-order valence-electron chi connectivity index (χ4n) is 1.80. The second-order valence-corrected chi connectivity index (χ2v) is 5.32. The van der Waals surface area contributed by atoms with Crippen molar-refractivity contribution < 1.29 is 33.5 Å². The van der Waals surface area contributed by atoms with Gasteiger partial charge in [0.25, 0.3) is 11.8 Å². The summed E-state index contributed by atoms with van der Waals surface area (Å²) in [6.45, 7) is 3.31. The summed E-state index contributed by atoms with van der Waals surface area (Å²) in [6, 6.07) is -1.01. The number of rotatable bonds is 7. The molecule has 1 aliphatic rings. The largest absolute Gasteiger partial charge is 0.467 e.